The predicted octanol–water partition coefficient (Wildman–Crippen LogP) is 3.00. The van der Waals surface area contributed by atoms with E-state index in [1.165, 1.54) is 11.8 Å². The summed E-state index contributed by atoms with van der Waals surface area (Å²) in [6, 6.07) is 5.90. The van der Waals surface area contributed by atoms with Crippen molar-refractivity contribution in [2.75, 3.05) is 7.05 Å². The van der Waals surface area contributed by atoms with Crippen LogP contribution in [0.2, 0.25) is 5.02 Å². The molecule has 1 N–H and O–H groups in total. The van der Waals surface area contributed by atoms with E-state index < -0.39 is 0 Å². The topological polar surface area (TPSA) is 37.8 Å². The third kappa shape index (κ3) is 3.19. The molecule has 17 heavy (non-hydrogen) atoms. The van der Waals surface area contributed by atoms with E-state index in [2.05, 4.69) is 21.4 Å². The molecule has 0 radical (unpaired) electrons. The van der Waals surface area contributed by atoms with Gasteiger partial charge in [0.1, 0.15) is 5.03 Å². The molecule has 0 aliphatic heterocycles. The van der Waals surface area contributed by atoms with Crippen LogP contribution in [0.25, 0.3) is 0 Å². The van der Waals surface area contributed by atoms with Gasteiger partial charge < -0.3 is 5.32 Å². The van der Waals surface area contributed by atoms with Crippen molar-refractivity contribution in [3.63, 3.8) is 0 Å². The zero-order valence-corrected chi connectivity index (χ0v) is 10.9. The molecule has 1 aromatic heterocycles. The Bertz CT molecular complexity index is 490. The monoisotopic (exact) mass is 265 g/mol. The van der Waals surface area contributed by atoms with Crippen molar-refractivity contribution in [3.05, 3.63) is 47.4 Å². The van der Waals surface area contributed by atoms with Gasteiger partial charge in [0, 0.05) is 23.8 Å². The van der Waals surface area contributed by atoms with Crippen molar-refractivity contribution >= 4 is 23.4 Å². The summed E-state index contributed by atoms with van der Waals surface area (Å²) in [6.07, 6.45) is 5.07. The first-order chi connectivity index (χ1) is 8.31. The van der Waals surface area contributed by atoms with Gasteiger partial charge >= 0.3 is 0 Å². The van der Waals surface area contributed by atoms with Gasteiger partial charge in [0.25, 0.3) is 0 Å². The molecule has 2 aromatic rings. The summed E-state index contributed by atoms with van der Waals surface area (Å²) >= 11 is 7.75. The minimum Gasteiger partial charge on any atom is -0.316 e. The fourth-order valence-electron chi connectivity index (χ4n) is 1.44. The third-order valence-corrected chi connectivity index (χ3v) is 3.70. The second-order valence-corrected chi connectivity index (χ2v) is 4.84. The Morgan fingerprint density at radius 1 is 1.35 bits per heavy atom. The van der Waals surface area contributed by atoms with Crippen LogP contribution in [-0.4, -0.2) is 17.0 Å². The number of hydrogen-bond acceptors (Lipinski definition) is 4. The van der Waals surface area contributed by atoms with Gasteiger partial charge in [0.2, 0.25) is 0 Å². The molecule has 0 aliphatic carbocycles. The van der Waals surface area contributed by atoms with Crippen LogP contribution in [0, 0.1) is 0 Å². The average molecular weight is 266 g/mol. The first kappa shape index (κ1) is 12.4. The van der Waals surface area contributed by atoms with Gasteiger partial charge in [0.05, 0.1) is 11.2 Å². The van der Waals surface area contributed by atoms with Gasteiger partial charge in [-0.25, -0.2) is 4.98 Å². The standard InChI is InChI=1S/C12H12ClN3S/c1-14-7-9-3-2-4-10(13)12(9)17-11-8-15-5-6-16-11/h2-6,8,14H,7H2,1H3. The minimum absolute atomic E-state index is 0.744. The highest BCUT2D eigenvalue weighted by Gasteiger charge is 2.08. The first-order valence-corrected chi connectivity index (χ1v) is 6.36. The quantitative estimate of drug-likeness (QED) is 0.922. The second-order valence-electron chi connectivity index (χ2n) is 3.40. The molecule has 0 saturated heterocycles. The summed E-state index contributed by atoms with van der Waals surface area (Å²) < 4.78 is 0. The highest BCUT2D eigenvalue weighted by atomic mass is 35.5. The molecule has 0 fully saturated rings. The first-order valence-electron chi connectivity index (χ1n) is 5.17. The molecule has 0 saturated carbocycles. The van der Waals surface area contributed by atoms with Crippen LogP contribution in [0.15, 0.2) is 46.7 Å². The van der Waals surface area contributed by atoms with Crippen molar-refractivity contribution in [1.82, 2.24) is 15.3 Å². The summed E-state index contributed by atoms with van der Waals surface area (Å²) in [5.41, 5.74) is 1.16. The van der Waals surface area contributed by atoms with Gasteiger partial charge in [-0.15, -0.1) is 0 Å². The molecule has 88 valence electrons. The van der Waals surface area contributed by atoms with E-state index in [4.69, 9.17) is 11.6 Å². The highest BCUT2D eigenvalue weighted by Crippen LogP contribution is 2.34. The highest BCUT2D eigenvalue weighted by molar-refractivity contribution is 7.99. The maximum Gasteiger partial charge on any atom is 0.119 e. The van der Waals surface area contributed by atoms with Gasteiger partial charge in [-0.2, -0.15) is 0 Å². The van der Waals surface area contributed by atoms with E-state index >= 15 is 0 Å². The molecule has 5 heteroatoms. The number of nitrogens with one attached hydrogen (secondary N) is 1. The van der Waals surface area contributed by atoms with Crippen LogP contribution in [0.1, 0.15) is 5.56 Å². The largest absolute Gasteiger partial charge is 0.316 e. The van der Waals surface area contributed by atoms with E-state index in [0.717, 1.165) is 27.1 Å². The van der Waals surface area contributed by atoms with Gasteiger partial charge in [0.15, 0.2) is 0 Å². The van der Waals surface area contributed by atoms with Gasteiger partial charge in [-0.1, -0.05) is 35.5 Å². The van der Waals surface area contributed by atoms with Crippen molar-refractivity contribution in [2.24, 2.45) is 0 Å². The SMILES string of the molecule is CNCc1cccc(Cl)c1Sc1cnccn1. The summed E-state index contributed by atoms with van der Waals surface area (Å²) in [7, 11) is 1.91. The summed E-state index contributed by atoms with van der Waals surface area (Å²) in [5, 5.41) is 4.72. The van der Waals surface area contributed by atoms with Crippen LogP contribution < -0.4 is 5.32 Å². The van der Waals surface area contributed by atoms with Crippen molar-refractivity contribution < 1.29 is 0 Å². The smallest absolute Gasteiger partial charge is 0.119 e. The number of halogens is 1. The lowest BCUT2D eigenvalue weighted by Gasteiger charge is -2.09. The lowest BCUT2D eigenvalue weighted by molar-refractivity contribution is 0.803. The third-order valence-electron chi connectivity index (χ3n) is 2.16. The Labute approximate surface area is 110 Å². The summed E-state index contributed by atoms with van der Waals surface area (Å²) in [6.45, 7) is 0.781. The lowest BCUT2D eigenvalue weighted by Crippen LogP contribution is -2.06. The maximum atomic E-state index is 6.22. The molecular weight excluding hydrogens is 254 g/mol. The fourth-order valence-corrected chi connectivity index (χ4v) is 2.62. The number of rotatable bonds is 4. The number of hydrogen-bond donors (Lipinski definition) is 1. The van der Waals surface area contributed by atoms with E-state index in [-0.39, 0.29) is 0 Å². The number of benzene rings is 1. The molecule has 0 atom stereocenters. The molecule has 3 nitrogen and oxygen atoms in total. The van der Waals surface area contributed by atoms with Crippen molar-refractivity contribution in [2.45, 2.75) is 16.5 Å². The zero-order chi connectivity index (χ0) is 12.1. The number of nitrogens with zero attached hydrogens (tertiary/aromatic N) is 2. The van der Waals surface area contributed by atoms with Crippen molar-refractivity contribution in [1.29, 1.82) is 0 Å². The van der Waals surface area contributed by atoms with E-state index in [0.29, 0.717) is 0 Å². The average Bonchev–Trinajstić information content (AvgIpc) is 2.35. The fraction of sp³-hybridized carbons (Fsp3) is 0.167. The Balaban J connectivity index is 2.31. The zero-order valence-electron chi connectivity index (χ0n) is 9.35. The van der Waals surface area contributed by atoms with Crippen LogP contribution in [0.5, 0.6) is 0 Å². The Hall–Kier alpha value is -1.10. The molecule has 0 amide bonds. The lowest BCUT2D eigenvalue weighted by atomic mass is 10.2. The van der Waals surface area contributed by atoms with Crippen LogP contribution >= 0.6 is 23.4 Å². The molecule has 0 aliphatic rings. The number of aromatic nitrogens is 2. The van der Waals surface area contributed by atoms with E-state index in [9.17, 15) is 0 Å². The molecule has 1 heterocycles. The van der Waals surface area contributed by atoms with Crippen LogP contribution in [0.3, 0.4) is 0 Å². The summed E-state index contributed by atoms with van der Waals surface area (Å²) in [4.78, 5) is 9.31. The Kier molecular flexibility index (Phi) is 4.36. The molecule has 0 bridgehead atoms. The van der Waals surface area contributed by atoms with E-state index in [1.54, 1.807) is 18.6 Å². The molecule has 1 aromatic carbocycles. The second kappa shape index (κ2) is 6.00. The predicted molar refractivity (Wildman–Crippen MR) is 70.4 cm³/mol. The molecule has 0 spiro atoms. The minimum atomic E-state index is 0.744. The maximum absolute atomic E-state index is 6.22. The summed E-state index contributed by atoms with van der Waals surface area (Å²) in [5.74, 6) is 0. The molecular formula is C12H12ClN3S. The van der Waals surface area contributed by atoms with Gasteiger partial charge in [-0.3, -0.25) is 4.98 Å². The van der Waals surface area contributed by atoms with Crippen LogP contribution in [0.4, 0.5) is 0 Å². The molecule has 2 rings (SSSR count). The Morgan fingerprint density at radius 2 is 2.24 bits per heavy atom. The molecule has 0 unspecified atom stereocenters. The normalized spacial score (nSPS) is 10.5. The van der Waals surface area contributed by atoms with Gasteiger partial charge in [-0.05, 0) is 18.7 Å². The Morgan fingerprint density at radius 3 is 2.94 bits per heavy atom. The van der Waals surface area contributed by atoms with E-state index in [1.807, 2.05) is 19.2 Å². The van der Waals surface area contributed by atoms with Crippen LogP contribution in [-0.2, 0) is 6.54 Å². The van der Waals surface area contributed by atoms with Crippen molar-refractivity contribution in [3.8, 4) is 0 Å².